The molecule has 0 heterocycles. The minimum absolute atomic E-state index is 0.0540. The Morgan fingerprint density at radius 2 is 1.60 bits per heavy atom. The topological polar surface area (TPSA) is 96.0 Å². The molecule has 0 aliphatic heterocycles. The van der Waals surface area contributed by atoms with Gasteiger partial charge in [-0.15, -0.1) is 0 Å². The molecule has 0 spiro atoms. The molecule has 242 valence electrons. The molecule has 1 atom stereocenters. The SMILES string of the molecule is CCOc1ccccc1N(CCCC(=O)N(Cc1ccc(Cl)cc1)[C@H](Cc1ccccc1)C(=O)NC1CCCCC1)S(C)(=O)=O. The van der Waals surface area contributed by atoms with Crippen LogP contribution in [0.5, 0.6) is 5.75 Å². The Kier molecular flexibility index (Phi) is 12.7. The largest absolute Gasteiger partial charge is 0.492 e. The molecule has 0 saturated heterocycles. The fraction of sp³-hybridized carbons (Fsp3) is 0.429. The molecule has 1 N–H and O–H groups in total. The molecule has 3 aromatic rings. The Bertz CT molecular complexity index is 1500. The first-order chi connectivity index (χ1) is 21.7. The Morgan fingerprint density at radius 1 is 0.933 bits per heavy atom. The first-order valence-corrected chi connectivity index (χ1v) is 18.0. The van der Waals surface area contributed by atoms with Gasteiger partial charge in [-0.1, -0.05) is 85.5 Å². The number of nitrogens with zero attached hydrogens (tertiary/aromatic N) is 2. The lowest BCUT2D eigenvalue weighted by Crippen LogP contribution is -2.52. The van der Waals surface area contributed by atoms with Crippen LogP contribution in [0.4, 0.5) is 5.69 Å². The van der Waals surface area contributed by atoms with Crippen molar-refractivity contribution in [3.63, 3.8) is 0 Å². The molecule has 1 aliphatic carbocycles. The number of rotatable bonds is 15. The summed E-state index contributed by atoms with van der Waals surface area (Å²) in [4.78, 5) is 29.7. The summed E-state index contributed by atoms with van der Waals surface area (Å²) >= 11 is 6.15. The van der Waals surface area contributed by atoms with E-state index in [1.54, 1.807) is 41.3 Å². The van der Waals surface area contributed by atoms with Crippen molar-refractivity contribution >= 4 is 39.1 Å². The number of nitrogens with one attached hydrogen (secondary N) is 1. The van der Waals surface area contributed by atoms with Gasteiger partial charge in [0.1, 0.15) is 11.8 Å². The van der Waals surface area contributed by atoms with Crippen molar-refractivity contribution < 1.29 is 22.7 Å². The van der Waals surface area contributed by atoms with Crippen LogP contribution in [0.3, 0.4) is 0 Å². The summed E-state index contributed by atoms with van der Waals surface area (Å²) in [6.45, 7) is 2.53. The Hall–Kier alpha value is -3.56. The molecule has 0 radical (unpaired) electrons. The summed E-state index contributed by atoms with van der Waals surface area (Å²) in [5.74, 6) is 0.0658. The fourth-order valence-corrected chi connectivity index (χ4v) is 6.90. The van der Waals surface area contributed by atoms with Crippen LogP contribution in [0.15, 0.2) is 78.9 Å². The van der Waals surface area contributed by atoms with Gasteiger partial charge < -0.3 is 15.0 Å². The number of halogens is 1. The highest BCUT2D eigenvalue weighted by molar-refractivity contribution is 7.92. The zero-order valence-electron chi connectivity index (χ0n) is 26.2. The highest BCUT2D eigenvalue weighted by Gasteiger charge is 2.32. The van der Waals surface area contributed by atoms with Gasteiger partial charge in [-0.2, -0.15) is 0 Å². The number of sulfonamides is 1. The quantitative estimate of drug-likeness (QED) is 0.206. The summed E-state index contributed by atoms with van der Waals surface area (Å²) in [5, 5.41) is 3.83. The summed E-state index contributed by atoms with van der Waals surface area (Å²) in [7, 11) is -3.66. The summed E-state index contributed by atoms with van der Waals surface area (Å²) in [6, 6.07) is 23.3. The van der Waals surface area contributed by atoms with Crippen LogP contribution < -0.4 is 14.4 Å². The van der Waals surface area contributed by atoms with Gasteiger partial charge in [-0.3, -0.25) is 13.9 Å². The van der Waals surface area contributed by atoms with Crippen molar-refractivity contribution in [2.24, 2.45) is 0 Å². The Balaban J connectivity index is 1.59. The third kappa shape index (κ3) is 10.2. The second-order valence-electron chi connectivity index (χ2n) is 11.5. The monoisotopic (exact) mass is 653 g/mol. The number of para-hydroxylation sites is 2. The van der Waals surface area contributed by atoms with Gasteiger partial charge in [0.15, 0.2) is 0 Å². The van der Waals surface area contributed by atoms with Crippen molar-refractivity contribution in [1.29, 1.82) is 0 Å². The molecule has 1 aliphatic rings. The van der Waals surface area contributed by atoms with E-state index in [-0.39, 0.29) is 43.8 Å². The van der Waals surface area contributed by atoms with E-state index in [9.17, 15) is 18.0 Å². The maximum atomic E-state index is 14.1. The van der Waals surface area contributed by atoms with Crippen LogP contribution in [0.1, 0.15) is 63.0 Å². The third-order valence-corrected chi connectivity index (χ3v) is 9.51. The third-order valence-electron chi connectivity index (χ3n) is 8.07. The highest BCUT2D eigenvalue weighted by atomic mass is 35.5. The second kappa shape index (κ2) is 16.7. The number of hydrogen-bond donors (Lipinski definition) is 1. The van der Waals surface area contributed by atoms with Crippen LogP contribution >= 0.6 is 11.6 Å². The van der Waals surface area contributed by atoms with Crippen molar-refractivity contribution in [3.8, 4) is 5.75 Å². The average Bonchev–Trinajstić information content (AvgIpc) is 3.03. The van der Waals surface area contributed by atoms with Crippen molar-refractivity contribution in [1.82, 2.24) is 10.2 Å². The van der Waals surface area contributed by atoms with Crippen molar-refractivity contribution in [2.75, 3.05) is 23.7 Å². The molecule has 8 nitrogen and oxygen atoms in total. The number of amides is 2. The zero-order valence-corrected chi connectivity index (χ0v) is 27.7. The van der Waals surface area contributed by atoms with Crippen LogP contribution in [0.25, 0.3) is 0 Å². The van der Waals surface area contributed by atoms with Gasteiger partial charge in [-0.25, -0.2) is 8.42 Å². The molecular weight excluding hydrogens is 610 g/mol. The highest BCUT2D eigenvalue weighted by Crippen LogP contribution is 2.30. The van der Waals surface area contributed by atoms with Crippen molar-refractivity contribution in [2.45, 2.75) is 76.9 Å². The molecule has 2 amide bonds. The Morgan fingerprint density at radius 3 is 2.27 bits per heavy atom. The van der Waals surface area contributed by atoms with E-state index in [0.29, 0.717) is 29.5 Å². The minimum atomic E-state index is -3.66. The number of anilines is 1. The Labute approximate surface area is 272 Å². The summed E-state index contributed by atoms with van der Waals surface area (Å²) < 4.78 is 32.7. The number of ether oxygens (including phenoxy) is 1. The molecule has 1 saturated carbocycles. The fourth-order valence-electron chi connectivity index (χ4n) is 5.81. The lowest BCUT2D eigenvalue weighted by molar-refractivity contribution is -0.141. The van der Waals surface area contributed by atoms with Crippen LogP contribution in [-0.2, 0) is 32.6 Å². The predicted octanol–water partition coefficient (Wildman–Crippen LogP) is 6.37. The van der Waals surface area contributed by atoms with Gasteiger partial charge in [-0.05, 0) is 61.6 Å². The number of hydrogen-bond acceptors (Lipinski definition) is 5. The van der Waals surface area contributed by atoms with E-state index < -0.39 is 16.1 Å². The second-order valence-corrected chi connectivity index (χ2v) is 13.9. The zero-order chi connectivity index (χ0) is 32.2. The van der Waals surface area contributed by atoms with E-state index in [0.717, 1.165) is 43.1 Å². The van der Waals surface area contributed by atoms with Crippen LogP contribution in [-0.4, -0.2) is 56.6 Å². The number of carbonyl (C=O) groups is 2. The molecule has 0 bridgehead atoms. The molecule has 10 heteroatoms. The van der Waals surface area contributed by atoms with E-state index in [1.807, 2.05) is 49.4 Å². The summed E-state index contributed by atoms with van der Waals surface area (Å²) in [6.07, 6.45) is 6.99. The maximum Gasteiger partial charge on any atom is 0.243 e. The smallest absolute Gasteiger partial charge is 0.243 e. The summed E-state index contributed by atoms with van der Waals surface area (Å²) in [5.41, 5.74) is 2.23. The molecule has 0 unspecified atom stereocenters. The van der Waals surface area contributed by atoms with Gasteiger partial charge in [0.05, 0.1) is 18.6 Å². The van der Waals surface area contributed by atoms with Crippen LogP contribution in [0, 0.1) is 0 Å². The first kappa shape index (κ1) is 34.3. The maximum absolute atomic E-state index is 14.1. The lowest BCUT2D eigenvalue weighted by atomic mass is 9.94. The molecular formula is C35H44ClN3O5S. The standard InChI is InChI=1S/C35H44ClN3O5S/c1-3-44-33-18-11-10-17-31(33)39(45(2,42)43)24-12-19-34(40)38(26-28-20-22-29(36)23-21-28)32(25-27-13-6-4-7-14-27)35(41)37-30-15-8-5-9-16-30/h4,6-7,10-11,13-14,17-18,20-23,30,32H,3,5,8-9,12,15-16,19,24-26H2,1-2H3,(H,37,41)/t32-/m1/s1. The van der Waals surface area contributed by atoms with E-state index >= 15 is 0 Å². The van der Waals surface area contributed by atoms with Crippen LogP contribution in [0.2, 0.25) is 5.02 Å². The first-order valence-electron chi connectivity index (χ1n) is 15.7. The number of benzene rings is 3. The van der Waals surface area contributed by atoms with Crippen molar-refractivity contribution in [3.05, 3.63) is 95.0 Å². The molecule has 1 fully saturated rings. The average molecular weight is 654 g/mol. The predicted molar refractivity (Wildman–Crippen MR) is 180 cm³/mol. The molecule has 4 rings (SSSR count). The van der Waals surface area contributed by atoms with Gasteiger partial charge in [0, 0.05) is 37.0 Å². The molecule has 0 aromatic heterocycles. The van der Waals surface area contributed by atoms with E-state index in [1.165, 1.54) is 10.7 Å². The molecule has 3 aromatic carbocycles. The normalized spacial score (nSPS) is 14.4. The number of carbonyl (C=O) groups excluding carboxylic acids is 2. The van der Waals surface area contributed by atoms with Gasteiger partial charge in [0.2, 0.25) is 21.8 Å². The van der Waals surface area contributed by atoms with Gasteiger partial charge >= 0.3 is 0 Å². The molecule has 45 heavy (non-hydrogen) atoms. The van der Waals surface area contributed by atoms with E-state index in [4.69, 9.17) is 16.3 Å². The minimum Gasteiger partial charge on any atom is -0.492 e. The van der Waals surface area contributed by atoms with E-state index in [2.05, 4.69) is 5.32 Å². The lowest BCUT2D eigenvalue weighted by Gasteiger charge is -2.34. The van der Waals surface area contributed by atoms with Gasteiger partial charge in [0.25, 0.3) is 0 Å².